The molecule has 0 radical (unpaired) electrons. The van der Waals surface area contributed by atoms with Crippen molar-refractivity contribution >= 4 is 46.7 Å². The van der Waals surface area contributed by atoms with E-state index >= 15 is 0 Å². The lowest BCUT2D eigenvalue weighted by atomic mass is 10.2. The molecule has 194 valence electrons. The molecule has 11 heteroatoms. The monoisotopic (exact) mass is 520 g/mol. The van der Waals surface area contributed by atoms with Crippen LogP contribution < -0.4 is 15.5 Å². The summed E-state index contributed by atoms with van der Waals surface area (Å²) in [5.41, 5.74) is 1.75. The molecule has 0 bridgehead atoms. The third-order valence-corrected chi connectivity index (χ3v) is 7.23. The molecule has 37 heavy (non-hydrogen) atoms. The molecule has 2 amide bonds. The zero-order valence-corrected chi connectivity index (χ0v) is 22.0. The van der Waals surface area contributed by atoms with Gasteiger partial charge in [-0.25, -0.2) is 9.97 Å². The number of aromatic amines is 1. The molecule has 1 saturated carbocycles. The zero-order chi connectivity index (χ0) is 25.8. The lowest BCUT2D eigenvalue weighted by molar-refractivity contribution is -0.131. The van der Waals surface area contributed by atoms with Gasteiger partial charge in [-0.05, 0) is 62.2 Å². The van der Waals surface area contributed by atoms with Crippen molar-refractivity contribution < 1.29 is 9.59 Å². The van der Waals surface area contributed by atoms with Gasteiger partial charge in [0.15, 0.2) is 11.0 Å². The predicted molar refractivity (Wildman–Crippen MR) is 144 cm³/mol. The minimum absolute atomic E-state index is 0.0947. The summed E-state index contributed by atoms with van der Waals surface area (Å²) < 4.78 is 0. The van der Waals surface area contributed by atoms with Gasteiger partial charge in [0.25, 0.3) is 0 Å². The molecule has 2 aliphatic rings. The van der Waals surface area contributed by atoms with Gasteiger partial charge in [-0.1, -0.05) is 6.92 Å². The molecule has 1 aliphatic heterocycles. The highest BCUT2D eigenvalue weighted by Gasteiger charge is 2.29. The van der Waals surface area contributed by atoms with E-state index in [4.69, 9.17) is 9.97 Å². The highest BCUT2D eigenvalue weighted by molar-refractivity contribution is 7.99. The fraction of sp³-hybridized carbons (Fsp3) is 0.423. The van der Waals surface area contributed by atoms with Gasteiger partial charge < -0.3 is 20.4 Å². The fourth-order valence-electron chi connectivity index (χ4n) is 4.16. The van der Waals surface area contributed by atoms with Crippen LogP contribution in [0.15, 0.2) is 46.5 Å². The first-order chi connectivity index (χ1) is 18.0. The zero-order valence-electron chi connectivity index (χ0n) is 21.2. The van der Waals surface area contributed by atoms with Crippen molar-refractivity contribution in [3.8, 4) is 0 Å². The molecule has 2 fully saturated rings. The number of carbonyl (C=O) groups excluding carboxylic acids is 2. The molecule has 3 aromatic rings. The Balaban J connectivity index is 1.32. The Morgan fingerprint density at radius 3 is 2.46 bits per heavy atom. The van der Waals surface area contributed by atoms with Gasteiger partial charge in [0.2, 0.25) is 11.8 Å². The Bertz CT molecular complexity index is 1250. The van der Waals surface area contributed by atoms with Crippen molar-refractivity contribution in [2.24, 2.45) is 5.92 Å². The summed E-state index contributed by atoms with van der Waals surface area (Å²) in [5.74, 6) is 2.62. The number of rotatable bonds is 9. The van der Waals surface area contributed by atoms with Crippen molar-refractivity contribution in [2.45, 2.75) is 49.6 Å². The van der Waals surface area contributed by atoms with Crippen molar-refractivity contribution in [3.63, 3.8) is 0 Å². The van der Waals surface area contributed by atoms with E-state index in [-0.39, 0.29) is 17.7 Å². The highest BCUT2D eigenvalue weighted by Crippen LogP contribution is 2.32. The minimum Gasteiger partial charge on any atom is -0.353 e. The second kappa shape index (κ2) is 11.2. The number of benzene rings is 1. The maximum atomic E-state index is 12.3. The van der Waals surface area contributed by atoms with Gasteiger partial charge >= 0.3 is 0 Å². The van der Waals surface area contributed by atoms with Crippen molar-refractivity contribution in [1.29, 1.82) is 0 Å². The van der Waals surface area contributed by atoms with Crippen LogP contribution in [0, 0.1) is 12.8 Å². The Kier molecular flexibility index (Phi) is 7.59. The Morgan fingerprint density at radius 2 is 1.81 bits per heavy atom. The van der Waals surface area contributed by atoms with Gasteiger partial charge in [0.1, 0.15) is 11.6 Å². The smallest absolute Gasteiger partial charge is 0.227 e. The lowest BCUT2D eigenvalue weighted by Crippen LogP contribution is -2.49. The summed E-state index contributed by atoms with van der Waals surface area (Å²) in [4.78, 5) is 39.0. The molecule has 0 atom stereocenters. The molecule has 5 rings (SSSR count). The van der Waals surface area contributed by atoms with E-state index in [1.165, 1.54) is 11.8 Å². The molecule has 3 N–H and O–H groups in total. The number of amides is 2. The number of hydrogen-bond donors (Lipinski definition) is 3. The molecule has 3 heterocycles. The van der Waals surface area contributed by atoms with Gasteiger partial charge in [-0.2, -0.15) is 5.10 Å². The van der Waals surface area contributed by atoms with Crippen molar-refractivity contribution in [2.75, 3.05) is 41.7 Å². The van der Waals surface area contributed by atoms with E-state index in [0.717, 1.165) is 41.4 Å². The van der Waals surface area contributed by atoms with Crippen molar-refractivity contribution in [3.05, 3.63) is 42.1 Å². The summed E-state index contributed by atoms with van der Waals surface area (Å²) in [6, 6.07) is 11.6. The molecule has 1 aliphatic carbocycles. The Hall–Kier alpha value is -3.60. The predicted octanol–water partition coefficient (Wildman–Crippen LogP) is 4.20. The number of nitrogens with zero attached hydrogens (tertiary/aromatic N) is 5. The van der Waals surface area contributed by atoms with E-state index < -0.39 is 0 Å². The minimum atomic E-state index is 0.0947. The van der Waals surface area contributed by atoms with E-state index in [1.54, 1.807) is 0 Å². The lowest BCUT2D eigenvalue weighted by Gasteiger charge is -2.35. The topological polar surface area (TPSA) is 119 Å². The van der Waals surface area contributed by atoms with Crippen LogP contribution in [0.5, 0.6) is 0 Å². The molecular weight excluding hydrogens is 488 g/mol. The second-order valence-electron chi connectivity index (χ2n) is 9.46. The van der Waals surface area contributed by atoms with Crippen LogP contribution in [0.3, 0.4) is 0 Å². The molecule has 0 spiro atoms. The molecule has 10 nitrogen and oxygen atoms in total. The van der Waals surface area contributed by atoms with Crippen LogP contribution in [0.2, 0.25) is 0 Å². The van der Waals surface area contributed by atoms with E-state index in [9.17, 15) is 9.59 Å². The molecule has 1 saturated heterocycles. The number of aromatic nitrogens is 4. The van der Waals surface area contributed by atoms with Crippen LogP contribution in [0.1, 0.15) is 38.3 Å². The van der Waals surface area contributed by atoms with Crippen LogP contribution in [-0.4, -0.2) is 63.1 Å². The summed E-state index contributed by atoms with van der Waals surface area (Å²) in [6.07, 6.45) is 3.41. The van der Waals surface area contributed by atoms with Crippen LogP contribution in [0.4, 0.5) is 23.1 Å². The number of carbonyl (C=O) groups is 2. The number of aryl methyl sites for hydroxylation is 1. The highest BCUT2D eigenvalue weighted by atomic mass is 32.2. The first-order valence-corrected chi connectivity index (χ1v) is 13.6. The summed E-state index contributed by atoms with van der Waals surface area (Å²) >= 11 is 1.46. The van der Waals surface area contributed by atoms with Gasteiger partial charge in [0.05, 0.1) is 0 Å². The molecule has 2 aromatic heterocycles. The van der Waals surface area contributed by atoms with Gasteiger partial charge in [-0.15, -0.1) is 0 Å². The largest absolute Gasteiger partial charge is 0.353 e. The fourth-order valence-corrected chi connectivity index (χ4v) is 4.92. The average molecular weight is 521 g/mol. The van der Waals surface area contributed by atoms with Gasteiger partial charge in [-0.3, -0.25) is 14.7 Å². The van der Waals surface area contributed by atoms with E-state index in [2.05, 4.69) is 25.7 Å². The van der Waals surface area contributed by atoms with E-state index in [1.807, 2.05) is 55.1 Å². The van der Waals surface area contributed by atoms with Gasteiger partial charge in [0, 0.05) is 66.9 Å². The second-order valence-corrected chi connectivity index (χ2v) is 10.5. The Morgan fingerprint density at radius 1 is 1.05 bits per heavy atom. The quantitative estimate of drug-likeness (QED) is 0.359. The summed E-state index contributed by atoms with van der Waals surface area (Å²) in [7, 11) is 0. The normalized spacial score (nSPS) is 15.5. The SMILES string of the molecule is CCCC(=O)N1CCN(c2cc(Nc3cc(C)[nH]n3)nc(Sc3ccc(NC(=O)C4CC4)cc3)n2)CC1. The number of hydrogen-bond acceptors (Lipinski definition) is 8. The summed E-state index contributed by atoms with van der Waals surface area (Å²) in [6.45, 7) is 6.77. The maximum Gasteiger partial charge on any atom is 0.227 e. The third-order valence-electron chi connectivity index (χ3n) is 6.35. The average Bonchev–Trinajstić information content (AvgIpc) is 3.67. The summed E-state index contributed by atoms with van der Waals surface area (Å²) in [5, 5.41) is 14.1. The van der Waals surface area contributed by atoms with E-state index in [0.29, 0.717) is 49.4 Å². The number of nitrogens with one attached hydrogen (secondary N) is 3. The number of piperazine rings is 1. The number of H-pyrrole nitrogens is 1. The van der Waals surface area contributed by atoms with Crippen LogP contribution >= 0.6 is 11.8 Å². The third kappa shape index (κ3) is 6.59. The molecule has 1 aromatic carbocycles. The standard InChI is InChI=1S/C26H32N8O2S/c1-3-4-24(35)34-13-11-33(12-14-34)23-16-21(28-22-15-17(2)31-32-22)29-26(30-23)37-20-9-7-19(8-10-20)27-25(36)18-5-6-18/h7-10,15-16,18H,3-6,11-14H2,1-2H3,(H,27,36)(H2,28,29,30,31,32). The molecular formula is C26H32N8O2S. The first kappa shape index (κ1) is 25.1. The van der Waals surface area contributed by atoms with Crippen molar-refractivity contribution in [1.82, 2.24) is 25.1 Å². The van der Waals surface area contributed by atoms with Crippen LogP contribution in [0.25, 0.3) is 0 Å². The first-order valence-electron chi connectivity index (χ1n) is 12.8. The Labute approximate surface area is 220 Å². The molecule has 0 unspecified atom stereocenters. The maximum absolute atomic E-state index is 12.3. The number of anilines is 4. The van der Waals surface area contributed by atoms with Crippen LogP contribution in [-0.2, 0) is 9.59 Å².